The topological polar surface area (TPSA) is 72.9 Å². The minimum absolute atomic E-state index is 0.116. The van der Waals surface area contributed by atoms with E-state index in [2.05, 4.69) is 4.18 Å². The van der Waals surface area contributed by atoms with Gasteiger partial charge in [0, 0.05) is 7.05 Å². The molecule has 0 saturated carbocycles. The van der Waals surface area contributed by atoms with Crippen molar-refractivity contribution in [3.05, 3.63) is 0 Å². The second-order valence-corrected chi connectivity index (χ2v) is 4.52. The van der Waals surface area contributed by atoms with Gasteiger partial charge in [-0.1, -0.05) is 13.8 Å². The minimum Gasteiger partial charge on any atom is -0.442 e. The maximum atomic E-state index is 10.8. The normalized spacial score (nSPS) is 20.7. The van der Waals surface area contributed by atoms with E-state index in [9.17, 15) is 13.2 Å². The average molecular weight is 239 g/mol. The fourth-order valence-electron chi connectivity index (χ4n) is 0.936. The summed E-state index contributed by atoms with van der Waals surface area (Å²) in [6.07, 6.45) is 0.00217. The predicted molar refractivity (Wildman–Crippen MR) is 55.0 cm³/mol. The van der Waals surface area contributed by atoms with Crippen LogP contribution in [0.3, 0.4) is 0 Å². The van der Waals surface area contributed by atoms with Gasteiger partial charge in [-0.2, -0.15) is 8.42 Å². The monoisotopic (exact) mass is 239 g/mol. The lowest BCUT2D eigenvalue weighted by molar-refractivity contribution is 0.105. The third-order valence-corrected chi connectivity index (χ3v) is 2.09. The zero-order chi connectivity index (χ0) is 12.1. The van der Waals surface area contributed by atoms with Gasteiger partial charge in [0.05, 0.1) is 12.8 Å². The molecule has 0 aliphatic carbocycles. The number of amides is 1. The van der Waals surface area contributed by atoms with Crippen molar-refractivity contribution in [3.8, 4) is 0 Å². The van der Waals surface area contributed by atoms with Crippen molar-refractivity contribution in [3.63, 3.8) is 0 Å². The van der Waals surface area contributed by atoms with Crippen molar-refractivity contribution >= 4 is 16.2 Å². The first-order valence-corrected chi connectivity index (χ1v) is 6.46. The molecule has 0 aromatic carbocycles. The van der Waals surface area contributed by atoms with Gasteiger partial charge in [-0.05, 0) is 0 Å². The highest BCUT2D eigenvalue weighted by molar-refractivity contribution is 7.85. The van der Waals surface area contributed by atoms with Gasteiger partial charge < -0.3 is 9.64 Å². The van der Waals surface area contributed by atoms with Crippen LogP contribution in [0.5, 0.6) is 0 Å². The zero-order valence-electron chi connectivity index (χ0n) is 9.39. The number of nitrogens with zero attached hydrogens (tertiary/aromatic N) is 1. The summed E-state index contributed by atoms with van der Waals surface area (Å²) in [4.78, 5) is 12.2. The highest BCUT2D eigenvalue weighted by Gasteiger charge is 2.29. The van der Waals surface area contributed by atoms with Crippen molar-refractivity contribution in [2.75, 3.05) is 26.5 Å². The van der Waals surface area contributed by atoms with Crippen molar-refractivity contribution in [2.45, 2.75) is 20.0 Å². The molecule has 1 amide bonds. The lowest BCUT2D eigenvalue weighted by Gasteiger charge is -2.06. The number of carbonyl (C=O) groups is 1. The molecule has 0 aromatic heterocycles. The SMILES string of the molecule is CC.CN1C[C@H](COS(C)(=O)=O)OC1=O. The third-order valence-electron chi connectivity index (χ3n) is 1.52. The summed E-state index contributed by atoms with van der Waals surface area (Å²) in [6.45, 7) is 4.24. The zero-order valence-corrected chi connectivity index (χ0v) is 10.2. The largest absolute Gasteiger partial charge is 0.442 e. The molecule has 0 unspecified atom stereocenters. The molecule has 90 valence electrons. The molecule has 1 fully saturated rings. The van der Waals surface area contributed by atoms with Crippen LogP contribution in [0.15, 0.2) is 0 Å². The molecule has 0 radical (unpaired) electrons. The van der Waals surface area contributed by atoms with Crippen molar-refractivity contribution in [1.82, 2.24) is 4.90 Å². The Morgan fingerprint density at radius 3 is 2.40 bits per heavy atom. The molecule has 0 bridgehead atoms. The van der Waals surface area contributed by atoms with E-state index in [1.54, 1.807) is 7.05 Å². The number of cyclic esters (lactones) is 1. The van der Waals surface area contributed by atoms with Gasteiger partial charge in [-0.3, -0.25) is 4.18 Å². The summed E-state index contributed by atoms with van der Waals surface area (Å²) in [6, 6.07) is 0. The first kappa shape index (κ1) is 14.2. The van der Waals surface area contributed by atoms with Gasteiger partial charge in [0.15, 0.2) is 0 Å². The molecular formula is C8H17NO5S. The Kier molecular flexibility index (Phi) is 5.59. The Bertz CT molecular complexity index is 300. The van der Waals surface area contributed by atoms with Crippen LogP contribution in [0.4, 0.5) is 4.79 Å². The molecule has 0 aromatic rings. The van der Waals surface area contributed by atoms with Gasteiger partial charge in [0.1, 0.15) is 12.7 Å². The van der Waals surface area contributed by atoms with Crippen molar-refractivity contribution in [2.24, 2.45) is 0 Å². The Hall–Kier alpha value is -0.820. The molecule has 1 atom stereocenters. The smallest absolute Gasteiger partial charge is 0.410 e. The molecule has 1 saturated heterocycles. The quantitative estimate of drug-likeness (QED) is 0.668. The highest BCUT2D eigenvalue weighted by Crippen LogP contribution is 2.09. The molecule has 0 N–H and O–H groups in total. The molecule has 15 heavy (non-hydrogen) atoms. The Morgan fingerprint density at radius 1 is 1.53 bits per heavy atom. The van der Waals surface area contributed by atoms with E-state index < -0.39 is 22.3 Å². The van der Waals surface area contributed by atoms with Gasteiger partial charge in [0.25, 0.3) is 10.1 Å². The second kappa shape index (κ2) is 5.92. The fourth-order valence-corrected chi connectivity index (χ4v) is 1.33. The lowest BCUT2D eigenvalue weighted by Crippen LogP contribution is -2.23. The summed E-state index contributed by atoms with van der Waals surface area (Å²) >= 11 is 0. The van der Waals surface area contributed by atoms with Crippen LogP contribution in [0.1, 0.15) is 13.8 Å². The summed E-state index contributed by atoms with van der Waals surface area (Å²) in [5.74, 6) is 0. The van der Waals surface area contributed by atoms with E-state index >= 15 is 0 Å². The highest BCUT2D eigenvalue weighted by atomic mass is 32.2. The van der Waals surface area contributed by atoms with E-state index in [0.717, 1.165) is 6.26 Å². The summed E-state index contributed by atoms with van der Waals surface area (Å²) in [7, 11) is -1.88. The number of carbonyl (C=O) groups excluding carboxylic acids is 1. The van der Waals surface area contributed by atoms with Crippen LogP contribution in [0, 0.1) is 0 Å². The molecule has 1 aliphatic heterocycles. The van der Waals surface area contributed by atoms with Crippen LogP contribution in [0.25, 0.3) is 0 Å². The molecule has 1 rings (SSSR count). The summed E-state index contributed by atoms with van der Waals surface area (Å²) in [5, 5.41) is 0. The van der Waals surface area contributed by atoms with Crippen LogP contribution in [-0.4, -0.2) is 52.0 Å². The average Bonchev–Trinajstić information content (AvgIpc) is 2.46. The van der Waals surface area contributed by atoms with Crippen LogP contribution >= 0.6 is 0 Å². The fraction of sp³-hybridized carbons (Fsp3) is 0.875. The molecule has 1 heterocycles. The van der Waals surface area contributed by atoms with E-state index in [1.165, 1.54) is 4.90 Å². The third kappa shape index (κ3) is 5.58. The van der Waals surface area contributed by atoms with Gasteiger partial charge >= 0.3 is 6.09 Å². The maximum absolute atomic E-state index is 10.8. The molecular weight excluding hydrogens is 222 g/mol. The van der Waals surface area contributed by atoms with E-state index in [-0.39, 0.29) is 6.61 Å². The maximum Gasteiger partial charge on any atom is 0.410 e. The Labute approximate surface area is 90.3 Å². The number of rotatable bonds is 3. The van der Waals surface area contributed by atoms with Crippen molar-refractivity contribution < 1.29 is 22.1 Å². The van der Waals surface area contributed by atoms with Crippen LogP contribution in [-0.2, 0) is 19.0 Å². The summed E-state index contributed by atoms with van der Waals surface area (Å²) < 4.78 is 30.4. The van der Waals surface area contributed by atoms with E-state index in [1.807, 2.05) is 13.8 Å². The van der Waals surface area contributed by atoms with Crippen molar-refractivity contribution in [1.29, 1.82) is 0 Å². The number of ether oxygens (including phenoxy) is 1. The first-order valence-electron chi connectivity index (χ1n) is 4.64. The molecule has 0 spiro atoms. The van der Waals surface area contributed by atoms with Crippen LogP contribution < -0.4 is 0 Å². The standard InChI is InChI=1S/C6H11NO5S.C2H6/c1-7-3-5(12-6(7)8)4-11-13(2,9)10;1-2/h5H,3-4H2,1-2H3;1-2H3/t5-;/m1./s1. The Morgan fingerprint density at radius 2 is 2.07 bits per heavy atom. The second-order valence-electron chi connectivity index (χ2n) is 2.87. The number of hydrogen-bond donors (Lipinski definition) is 0. The van der Waals surface area contributed by atoms with Crippen LogP contribution in [0.2, 0.25) is 0 Å². The Balaban J connectivity index is 0.000000921. The van der Waals surface area contributed by atoms with Gasteiger partial charge in [0.2, 0.25) is 0 Å². The number of hydrogen-bond acceptors (Lipinski definition) is 5. The van der Waals surface area contributed by atoms with Gasteiger partial charge in [-0.25, -0.2) is 4.79 Å². The molecule has 7 heteroatoms. The molecule has 6 nitrogen and oxygen atoms in total. The first-order chi connectivity index (χ1) is 6.88. The molecule has 1 aliphatic rings. The predicted octanol–water partition coefficient (Wildman–Crippen LogP) is 0.439. The van der Waals surface area contributed by atoms with E-state index in [4.69, 9.17) is 4.74 Å². The summed E-state index contributed by atoms with van der Waals surface area (Å²) in [5.41, 5.74) is 0. The van der Waals surface area contributed by atoms with Gasteiger partial charge in [-0.15, -0.1) is 0 Å². The lowest BCUT2D eigenvalue weighted by atomic mass is 10.4. The number of likely N-dealkylation sites (N-methyl/N-ethyl adjacent to an activating group) is 1. The van der Waals surface area contributed by atoms with E-state index in [0.29, 0.717) is 6.54 Å². The minimum atomic E-state index is -3.46.